The van der Waals surface area contributed by atoms with Crippen LogP contribution in [-0.4, -0.2) is 30.1 Å². The molecule has 1 aromatic carbocycles. The van der Waals surface area contributed by atoms with Crippen molar-refractivity contribution in [3.05, 3.63) is 30.1 Å². The number of hydrogen-bond donors (Lipinski definition) is 2. The summed E-state index contributed by atoms with van der Waals surface area (Å²) in [6.07, 6.45) is 0.581. The Labute approximate surface area is 116 Å². The van der Waals surface area contributed by atoms with Gasteiger partial charge in [0.05, 0.1) is 0 Å². The molecule has 6 heteroatoms. The first-order valence-corrected chi connectivity index (χ1v) is 6.34. The summed E-state index contributed by atoms with van der Waals surface area (Å²) in [6.45, 7) is 2.05. The first-order valence-electron chi connectivity index (χ1n) is 6.34. The number of carboxylic acids is 1. The average molecular weight is 283 g/mol. The molecule has 0 spiro atoms. The number of amides is 1. The van der Waals surface area contributed by atoms with Crippen molar-refractivity contribution in [1.82, 2.24) is 5.32 Å². The maximum atomic E-state index is 12.9. The fraction of sp³-hybridized carbons (Fsp3) is 0.429. The fourth-order valence-electron chi connectivity index (χ4n) is 1.52. The third kappa shape index (κ3) is 6.72. The second kappa shape index (κ2) is 8.14. The van der Waals surface area contributed by atoms with Crippen LogP contribution in [0.4, 0.5) is 4.39 Å². The first-order chi connectivity index (χ1) is 9.47. The lowest BCUT2D eigenvalue weighted by molar-refractivity contribution is -0.137. The highest BCUT2D eigenvalue weighted by Crippen LogP contribution is 2.11. The molecular formula is C14H18FNO4. The normalized spacial score (nSPS) is 11.7. The van der Waals surface area contributed by atoms with Crippen LogP contribution in [-0.2, 0) is 9.59 Å². The number of carbonyl (C=O) groups is 2. The Morgan fingerprint density at radius 3 is 2.85 bits per heavy atom. The second-order valence-corrected chi connectivity index (χ2v) is 4.59. The van der Waals surface area contributed by atoms with Crippen molar-refractivity contribution in [2.24, 2.45) is 5.92 Å². The van der Waals surface area contributed by atoms with Crippen LogP contribution in [0.15, 0.2) is 24.3 Å². The first kappa shape index (κ1) is 15.9. The standard InChI is InChI=1S/C14H18FNO4/c1-10(5-6-14(18)19)8-16-13(17)9-20-12-4-2-3-11(15)7-12/h2-4,7,10H,5-6,8-9H2,1H3,(H,16,17)(H,18,19). The van der Waals surface area contributed by atoms with Gasteiger partial charge in [-0.15, -0.1) is 0 Å². The van der Waals surface area contributed by atoms with Crippen molar-refractivity contribution in [3.8, 4) is 5.75 Å². The molecule has 1 unspecified atom stereocenters. The van der Waals surface area contributed by atoms with Crippen LogP contribution in [0.2, 0.25) is 0 Å². The SMILES string of the molecule is CC(CCC(=O)O)CNC(=O)COc1cccc(F)c1. The highest BCUT2D eigenvalue weighted by molar-refractivity contribution is 5.77. The molecule has 0 fully saturated rings. The van der Waals surface area contributed by atoms with E-state index in [-0.39, 0.29) is 24.9 Å². The molecule has 0 aromatic heterocycles. The average Bonchev–Trinajstić information content (AvgIpc) is 2.40. The largest absolute Gasteiger partial charge is 0.484 e. The molecule has 0 aliphatic rings. The van der Waals surface area contributed by atoms with Crippen LogP contribution in [0.3, 0.4) is 0 Å². The van der Waals surface area contributed by atoms with Gasteiger partial charge >= 0.3 is 5.97 Å². The van der Waals surface area contributed by atoms with Crippen molar-refractivity contribution in [2.75, 3.05) is 13.2 Å². The summed E-state index contributed by atoms with van der Waals surface area (Å²) in [6, 6.07) is 5.54. The minimum Gasteiger partial charge on any atom is -0.484 e. The Morgan fingerprint density at radius 2 is 2.20 bits per heavy atom. The van der Waals surface area contributed by atoms with Crippen LogP contribution in [0.1, 0.15) is 19.8 Å². The molecule has 1 atom stereocenters. The maximum absolute atomic E-state index is 12.9. The van der Waals surface area contributed by atoms with Crippen molar-refractivity contribution in [1.29, 1.82) is 0 Å². The van der Waals surface area contributed by atoms with Gasteiger partial charge in [-0.05, 0) is 24.5 Å². The van der Waals surface area contributed by atoms with E-state index >= 15 is 0 Å². The molecule has 0 radical (unpaired) electrons. The van der Waals surface area contributed by atoms with Gasteiger partial charge in [-0.1, -0.05) is 13.0 Å². The lowest BCUT2D eigenvalue weighted by Crippen LogP contribution is -2.32. The third-order valence-electron chi connectivity index (χ3n) is 2.66. The van der Waals surface area contributed by atoms with Gasteiger partial charge < -0.3 is 15.2 Å². The van der Waals surface area contributed by atoms with Crippen molar-refractivity contribution in [3.63, 3.8) is 0 Å². The van der Waals surface area contributed by atoms with E-state index in [2.05, 4.69) is 5.32 Å². The van der Waals surface area contributed by atoms with Crippen LogP contribution >= 0.6 is 0 Å². The molecule has 5 nitrogen and oxygen atoms in total. The van der Waals surface area contributed by atoms with E-state index in [0.717, 1.165) is 0 Å². The van der Waals surface area contributed by atoms with Gasteiger partial charge in [0, 0.05) is 19.0 Å². The van der Waals surface area contributed by atoms with Gasteiger partial charge in [-0.25, -0.2) is 4.39 Å². The molecule has 1 aromatic rings. The van der Waals surface area contributed by atoms with E-state index in [4.69, 9.17) is 9.84 Å². The highest BCUT2D eigenvalue weighted by atomic mass is 19.1. The number of benzene rings is 1. The molecule has 0 saturated heterocycles. The van der Waals surface area contributed by atoms with Gasteiger partial charge in [0.2, 0.25) is 0 Å². The lowest BCUT2D eigenvalue weighted by Gasteiger charge is -2.12. The number of carbonyl (C=O) groups excluding carboxylic acids is 1. The number of rotatable bonds is 8. The summed E-state index contributed by atoms with van der Waals surface area (Å²) < 4.78 is 18.0. The predicted octanol–water partition coefficient (Wildman–Crippen LogP) is 1.82. The van der Waals surface area contributed by atoms with E-state index in [9.17, 15) is 14.0 Å². The smallest absolute Gasteiger partial charge is 0.303 e. The van der Waals surface area contributed by atoms with Gasteiger partial charge in [0.15, 0.2) is 6.61 Å². The number of hydrogen-bond acceptors (Lipinski definition) is 3. The molecule has 0 saturated carbocycles. The molecule has 0 aliphatic carbocycles. The second-order valence-electron chi connectivity index (χ2n) is 4.59. The minimum atomic E-state index is -0.849. The van der Waals surface area contributed by atoms with Crippen molar-refractivity contribution < 1.29 is 23.8 Å². The summed E-state index contributed by atoms with van der Waals surface area (Å²) >= 11 is 0. The van der Waals surface area contributed by atoms with E-state index in [0.29, 0.717) is 18.7 Å². The number of nitrogens with one attached hydrogen (secondary N) is 1. The Hall–Kier alpha value is -2.11. The Balaban J connectivity index is 2.22. The maximum Gasteiger partial charge on any atom is 0.303 e. The van der Waals surface area contributed by atoms with Crippen LogP contribution in [0.25, 0.3) is 0 Å². The number of ether oxygens (including phenoxy) is 1. The number of carboxylic acid groups (broad SMARTS) is 1. The number of aliphatic carboxylic acids is 1. The molecule has 1 rings (SSSR count). The zero-order valence-corrected chi connectivity index (χ0v) is 11.3. The van der Waals surface area contributed by atoms with Crippen LogP contribution < -0.4 is 10.1 Å². The zero-order valence-electron chi connectivity index (χ0n) is 11.3. The van der Waals surface area contributed by atoms with Gasteiger partial charge in [0.25, 0.3) is 5.91 Å². The summed E-state index contributed by atoms with van der Waals surface area (Å²) in [4.78, 5) is 21.9. The van der Waals surface area contributed by atoms with E-state index in [1.54, 1.807) is 6.07 Å². The monoisotopic (exact) mass is 283 g/mol. The molecule has 110 valence electrons. The Morgan fingerprint density at radius 1 is 1.45 bits per heavy atom. The van der Waals surface area contributed by atoms with Gasteiger partial charge in [0.1, 0.15) is 11.6 Å². The molecule has 0 heterocycles. The van der Waals surface area contributed by atoms with E-state index < -0.39 is 11.8 Å². The molecule has 0 bridgehead atoms. The lowest BCUT2D eigenvalue weighted by atomic mass is 10.1. The van der Waals surface area contributed by atoms with Crippen molar-refractivity contribution in [2.45, 2.75) is 19.8 Å². The topological polar surface area (TPSA) is 75.6 Å². The van der Waals surface area contributed by atoms with Crippen LogP contribution in [0, 0.1) is 11.7 Å². The Bertz CT molecular complexity index is 464. The predicted molar refractivity (Wildman–Crippen MR) is 70.9 cm³/mol. The summed E-state index contributed by atoms with van der Waals surface area (Å²) in [5, 5.41) is 11.2. The summed E-state index contributed by atoms with van der Waals surface area (Å²) in [7, 11) is 0. The van der Waals surface area contributed by atoms with Crippen molar-refractivity contribution >= 4 is 11.9 Å². The summed E-state index contributed by atoms with van der Waals surface area (Å²) in [5.74, 6) is -1.23. The summed E-state index contributed by atoms with van der Waals surface area (Å²) in [5.41, 5.74) is 0. The molecule has 1 amide bonds. The zero-order chi connectivity index (χ0) is 15.0. The molecular weight excluding hydrogens is 265 g/mol. The van der Waals surface area contributed by atoms with Gasteiger partial charge in [-0.2, -0.15) is 0 Å². The quantitative estimate of drug-likeness (QED) is 0.763. The molecule has 0 aliphatic heterocycles. The van der Waals surface area contributed by atoms with Crippen LogP contribution in [0.5, 0.6) is 5.75 Å². The van der Waals surface area contributed by atoms with E-state index in [1.165, 1.54) is 18.2 Å². The number of halogens is 1. The molecule has 20 heavy (non-hydrogen) atoms. The van der Waals surface area contributed by atoms with Gasteiger partial charge in [-0.3, -0.25) is 9.59 Å². The Kier molecular flexibility index (Phi) is 6.49. The molecule has 2 N–H and O–H groups in total. The highest BCUT2D eigenvalue weighted by Gasteiger charge is 2.08. The minimum absolute atomic E-state index is 0.0734. The fourth-order valence-corrected chi connectivity index (χ4v) is 1.52. The van der Waals surface area contributed by atoms with E-state index in [1.807, 2.05) is 6.92 Å². The third-order valence-corrected chi connectivity index (χ3v) is 2.66.